The third kappa shape index (κ3) is 3.04. The second kappa shape index (κ2) is 5.12. The maximum absolute atomic E-state index is 11.1. The Balaban J connectivity index is 1.92. The van der Waals surface area contributed by atoms with Crippen LogP contribution in [0.2, 0.25) is 0 Å². The van der Waals surface area contributed by atoms with Crippen LogP contribution >= 0.6 is 0 Å². The molecule has 1 saturated heterocycles. The Kier molecular flexibility index (Phi) is 3.35. The summed E-state index contributed by atoms with van der Waals surface area (Å²) in [7, 11) is 0. The summed E-state index contributed by atoms with van der Waals surface area (Å²) in [5, 5.41) is 2.02. The van der Waals surface area contributed by atoms with Crippen molar-refractivity contribution in [3.05, 3.63) is 59.9 Å². The number of allylic oxidation sites excluding steroid dienone is 3. The highest BCUT2D eigenvalue weighted by atomic mass is 16.6. The van der Waals surface area contributed by atoms with E-state index >= 15 is 0 Å². The number of carbonyl (C=O) groups is 2. The number of benzene rings is 1. The number of hydrogen-bond donors (Lipinski definition) is 1. The largest absolute Gasteiger partial charge is 0.419 e. The first-order valence-corrected chi connectivity index (χ1v) is 5.19. The number of carbonyl (C=O) groups excluding carboxylic acids is 2. The molecule has 2 rings (SSSR count). The molecule has 0 unspecified atom stereocenters. The monoisotopic (exact) mass is 229 g/mol. The van der Waals surface area contributed by atoms with Crippen molar-refractivity contribution in [2.75, 3.05) is 0 Å². The average molecular weight is 229 g/mol. The molecule has 0 saturated carbocycles. The van der Waals surface area contributed by atoms with Gasteiger partial charge in [-0.05, 0) is 18.1 Å². The van der Waals surface area contributed by atoms with Crippen LogP contribution < -0.4 is 5.32 Å². The topological polar surface area (TPSA) is 55.4 Å². The third-order valence-electron chi connectivity index (χ3n) is 2.22. The standard InChI is InChI=1S/C13H11NO3/c15-12-11(17-13(16)14-12)9-5-4-8-10-6-2-1-3-7-10/h1-7,9H,8H2,(H,14,15,16). The Morgan fingerprint density at radius 3 is 2.59 bits per heavy atom. The number of hydrogen-bond acceptors (Lipinski definition) is 3. The quantitative estimate of drug-likeness (QED) is 0.806. The van der Waals surface area contributed by atoms with E-state index in [9.17, 15) is 9.59 Å². The molecule has 0 aromatic heterocycles. The second-order valence-corrected chi connectivity index (χ2v) is 3.49. The van der Waals surface area contributed by atoms with Gasteiger partial charge in [0.25, 0.3) is 5.91 Å². The second-order valence-electron chi connectivity index (χ2n) is 3.49. The van der Waals surface area contributed by atoms with E-state index in [-0.39, 0.29) is 5.76 Å². The molecule has 1 N–H and O–H groups in total. The van der Waals surface area contributed by atoms with Gasteiger partial charge in [-0.1, -0.05) is 42.5 Å². The summed E-state index contributed by atoms with van der Waals surface area (Å²) in [6.07, 6.45) is 5.10. The highest BCUT2D eigenvalue weighted by Gasteiger charge is 2.24. The molecule has 1 aromatic rings. The minimum atomic E-state index is -0.724. The average Bonchev–Trinajstić information content (AvgIpc) is 2.65. The predicted molar refractivity (Wildman–Crippen MR) is 62.0 cm³/mol. The first kappa shape index (κ1) is 11.1. The number of alkyl carbamates (subject to hydrolysis) is 1. The first-order valence-electron chi connectivity index (χ1n) is 5.19. The van der Waals surface area contributed by atoms with Gasteiger partial charge in [0, 0.05) is 0 Å². The molecule has 1 heterocycles. The molecule has 0 bridgehead atoms. The Morgan fingerprint density at radius 2 is 1.94 bits per heavy atom. The van der Waals surface area contributed by atoms with Gasteiger partial charge in [-0.25, -0.2) is 4.79 Å². The molecule has 0 radical (unpaired) electrons. The Hall–Kier alpha value is -2.36. The Labute approximate surface area is 98.6 Å². The van der Waals surface area contributed by atoms with Gasteiger partial charge in [0.2, 0.25) is 0 Å². The smallest absolute Gasteiger partial charge is 0.404 e. The van der Waals surface area contributed by atoms with Crippen LogP contribution in [-0.4, -0.2) is 12.0 Å². The highest BCUT2D eigenvalue weighted by Crippen LogP contribution is 2.06. The van der Waals surface area contributed by atoms with Crippen molar-refractivity contribution >= 4 is 12.0 Å². The van der Waals surface area contributed by atoms with Crippen LogP contribution in [0.15, 0.2) is 54.3 Å². The van der Waals surface area contributed by atoms with E-state index in [1.807, 2.05) is 41.7 Å². The zero-order valence-corrected chi connectivity index (χ0v) is 9.05. The lowest BCUT2D eigenvalue weighted by Gasteiger charge is -1.93. The lowest BCUT2D eigenvalue weighted by atomic mass is 10.1. The van der Waals surface area contributed by atoms with Crippen molar-refractivity contribution in [1.29, 1.82) is 0 Å². The Morgan fingerprint density at radius 1 is 1.18 bits per heavy atom. The van der Waals surface area contributed by atoms with Crippen molar-refractivity contribution in [3.8, 4) is 0 Å². The van der Waals surface area contributed by atoms with Gasteiger partial charge in [-0.15, -0.1) is 0 Å². The summed E-state index contributed by atoms with van der Waals surface area (Å²) in [5.74, 6) is -0.473. The number of amides is 2. The molecule has 0 aliphatic carbocycles. The molecule has 17 heavy (non-hydrogen) atoms. The number of cyclic esters (lactones) is 1. The third-order valence-corrected chi connectivity index (χ3v) is 2.22. The normalized spacial score (nSPS) is 17.5. The number of imide groups is 1. The molecule has 1 aliphatic heterocycles. The fourth-order valence-electron chi connectivity index (χ4n) is 1.41. The first-order chi connectivity index (χ1) is 8.25. The van der Waals surface area contributed by atoms with E-state index in [1.165, 1.54) is 11.6 Å². The zero-order chi connectivity index (χ0) is 12.1. The molecule has 2 amide bonds. The van der Waals surface area contributed by atoms with Gasteiger partial charge in [-0.3, -0.25) is 10.1 Å². The summed E-state index contributed by atoms with van der Waals surface area (Å²) >= 11 is 0. The van der Waals surface area contributed by atoms with Crippen LogP contribution in [0.5, 0.6) is 0 Å². The fourth-order valence-corrected chi connectivity index (χ4v) is 1.41. The molecule has 1 fully saturated rings. The van der Waals surface area contributed by atoms with Crippen molar-refractivity contribution in [1.82, 2.24) is 5.32 Å². The molecule has 0 spiro atoms. The summed E-state index contributed by atoms with van der Waals surface area (Å²) in [6, 6.07) is 9.92. The Bertz CT molecular complexity index is 489. The number of ether oxygens (including phenoxy) is 1. The van der Waals surface area contributed by atoms with E-state index in [2.05, 4.69) is 4.74 Å². The maximum Gasteiger partial charge on any atom is 0.419 e. The minimum absolute atomic E-state index is 0.0271. The van der Waals surface area contributed by atoms with Crippen LogP contribution in [-0.2, 0) is 16.0 Å². The molecular weight excluding hydrogens is 218 g/mol. The summed E-state index contributed by atoms with van der Waals surface area (Å²) in [6.45, 7) is 0. The summed E-state index contributed by atoms with van der Waals surface area (Å²) < 4.78 is 4.64. The van der Waals surface area contributed by atoms with Gasteiger partial charge in [0.1, 0.15) is 0 Å². The maximum atomic E-state index is 11.1. The van der Waals surface area contributed by atoms with E-state index in [0.717, 1.165) is 6.42 Å². The van der Waals surface area contributed by atoms with Crippen molar-refractivity contribution < 1.29 is 14.3 Å². The van der Waals surface area contributed by atoms with E-state index in [1.54, 1.807) is 6.08 Å². The molecule has 1 aromatic carbocycles. The van der Waals surface area contributed by atoms with Gasteiger partial charge >= 0.3 is 6.09 Å². The molecule has 1 aliphatic rings. The SMILES string of the molecule is O=C1NC(=O)C(=CC=CCc2ccccc2)O1. The van der Waals surface area contributed by atoms with Gasteiger partial charge in [0.15, 0.2) is 5.76 Å². The minimum Gasteiger partial charge on any atom is -0.404 e. The molecule has 86 valence electrons. The molecule has 0 atom stereocenters. The van der Waals surface area contributed by atoms with Crippen LogP contribution in [0.1, 0.15) is 5.56 Å². The van der Waals surface area contributed by atoms with Crippen LogP contribution in [0.3, 0.4) is 0 Å². The number of rotatable bonds is 3. The van der Waals surface area contributed by atoms with Crippen LogP contribution in [0, 0.1) is 0 Å². The van der Waals surface area contributed by atoms with Crippen LogP contribution in [0.25, 0.3) is 0 Å². The summed E-state index contributed by atoms with van der Waals surface area (Å²) in [4.78, 5) is 21.8. The van der Waals surface area contributed by atoms with E-state index in [0.29, 0.717) is 0 Å². The lowest BCUT2D eigenvalue weighted by Crippen LogP contribution is -2.18. The fraction of sp³-hybridized carbons (Fsp3) is 0.0769. The number of nitrogens with one attached hydrogen (secondary N) is 1. The van der Waals surface area contributed by atoms with Gasteiger partial charge in [0.05, 0.1) is 0 Å². The van der Waals surface area contributed by atoms with E-state index < -0.39 is 12.0 Å². The van der Waals surface area contributed by atoms with Crippen LogP contribution in [0.4, 0.5) is 4.79 Å². The van der Waals surface area contributed by atoms with E-state index in [4.69, 9.17) is 0 Å². The van der Waals surface area contributed by atoms with Gasteiger partial charge < -0.3 is 4.74 Å². The molecule has 4 heteroatoms. The van der Waals surface area contributed by atoms with Gasteiger partial charge in [-0.2, -0.15) is 0 Å². The summed E-state index contributed by atoms with van der Waals surface area (Å²) in [5.41, 5.74) is 1.18. The molecular formula is C13H11NO3. The zero-order valence-electron chi connectivity index (χ0n) is 9.05. The van der Waals surface area contributed by atoms with Crippen molar-refractivity contribution in [3.63, 3.8) is 0 Å². The van der Waals surface area contributed by atoms with Crippen molar-refractivity contribution in [2.24, 2.45) is 0 Å². The lowest BCUT2D eigenvalue weighted by molar-refractivity contribution is -0.116. The van der Waals surface area contributed by atoms with Crippen molar-refractivity contribution in [2.45, 2.75) is 6.42 Å². The molecule has 4 nitrogen and oxygen atoms in total. The predicted octanol–water partition coefficient (Wildman–Crippen LogP) is 1.94. The highest BCUT2D eigenvalue weighted by molar-refractivity contribution is 6.07.